The lowest BCUT2D eigenvalue weighted by molar-refractivity contribution is -0.123. The van der Waals surface area contributed by atoms with Crippen molar-refractivity contribution in [3.05, 3.63) is 22.4 Å². The van der Waals surface area contributed by atoms with E-state index in [1.54, 1.807) is 11.3 Å². The molecule has 0 radical (unpaired) electrons. The van der Waals surface area contributed by atoms with Crippen LogP contribution in [0.5, 0.6) is 0 Å². The second-order valence-corrected chi connectivity index (χ2v) is 6.59. The summed E-state index contributed by atoms with van der Waals surface area (Å²) in [5.41, 5.74) is 0.338. The molecule has 1 aliphatic carbocycles. The summed E-state index contributed by atoms with van der Waals surface area (Å²) in [7, 11) is 0. The Bertz CT molecular complexity index is 423. The maximum Gasteiger partial charge on any atom is 0.224 e. The van der Waals surface area contributed by atoms with Crippen molar-refractivity contribution >= 4 is 17.2 Å². The fourth-order valence-electron chi connectivity index (χ4n) is 3.12. The highest BCUT2D eigenvalue weighted by Gasteiger charge is 2.57. The molecule has 2 N–H and O–H groups in total. The first kappa shape index (κ1) is 12.2. The van der Waals surface area contributed by atoms with E-state index in [2.05, 4.69) is 29.0 Å². The van der Waals surface area contributed by atoms with Crippen LogP contribution in [0.25, 0.3) is 0 Å². The van der Waals surface area contributed by atoms with Crippen LogP contribution in [0.15, 0.2) is 17.5 Å². The van der Waals surface area contributed by atoms with Crippen LogP contribution in [-0.2, 0) is 4.79 Å². The molecule has 1 unspecified atom stereocenters. The summed E-state index contributed by atoms with van der Waals surface area (Å²) >= 11 is 1.71. The van der Waals surface area contributed by atoms with Crippen LogP contribution in [0.3, 0.4) is 0 Å². The molecule has 4 heteroatoms. The monoisotopic (exact) mass is 264 g/mol. The first-order valence-electron chi connectivity index (χ1n) is 6.76. The van der Waals surface area contributed by atoms with Gasteiger partial charge in [0.2, 0.25) is 5.91 Å². The van der Waals surface area contributed by atoms with Crippen LogP contribution in [0.1, 0.15) is 37.1 Å². The van der Waals surface area contributed by atoms with Gasteiger partial charge >= 0.3 is 0 Å². The molecule has 1 amide bonds. The largest absolute Gasteiger partial charge is 0.349 e. The zero-order valence-corrected chi connectivity index (χ0v) is 11.6. The van der Waals surface area contributed by atoms with E-state index >= 15 is 0 Å². The van der Waals surface area contributed by atoms with E-state index < -0.39 is 0 Å². The zero-order valence-electron chi connectivity index (χ0n) is 10.7. The first-order chi connectivity index (χ1) is 8.71. The van der Waals surface area contributed by atoms with Gasteiger partial charge in [0.25, 0.3) is 0 Å². The molecule has 3 nitrogen and oxygen atoms in total. The molecule has 2 aliphatic rings. The van der Waals surface area contributed by atoms with E-state index in [-0.39, 0.29) is 17.9 Å². The predicted octanol–water partition coefficient (Wildman–Crippen LogP) is 2.32. The summed E-state index contributed by atoms with van der Waals surface area (Å²) in [4.78, 5) is 13.5. The fourth-order valence-corrected chi connectivity index (χ4v) is 3.85. The van der Waals surface area contributed by atoms with Crippen molar-refractivity contribution in [2.75, 3.05) is 13.1 Å². The maximum atomic E-state index is 12.3. The molecule has 1 aromatic heterocycles. The molecule has 18 heavy (non-hydrogen) atoms. The molecule has 3 rings (SSSR count). The lowest BCUT2D eigenvalue weighted by Gasteiger charge is -2.23. The highest BCUT2D eigenvalue weighted by Crippen LogP contribution is 2.58. The lowest BCUT2D eigenvalue weighted by atomic mass is 9.91. The van der Waals surface area contributed by atoms with Crippen molar-refractivity contribution in [3.63, 3.8) is 0 Å². The molecule has 1 aliphatic heterocycles. The molecule has 2 atom stereocenters. The van der Waals surface area contributed by atoms with Gasteiger partial charge < -0.3 is 10.6 Å². The molecule has 0 aromatic carbocycles. The molecule has 0 bridgehead atoms. The number of carbonyl (C=O) groups is 1. The topological polar surface area (TPSA) is 41.1 Å². The Morgan fingerprint density at radius 2 is 2.33 bits per heavy atom. The van der Waals surface area contributed by atoms with Gasteiger partial charge in [0.15, 0.2) is 0 Å². The van der Waals surface area contributed by atoms with E-state index in [0.717, 1.165) is 19.5 Å². The Morgan fingerprint density at radius 1 is 1.56 bits per heavy atom. The Labute approximate surface area is 112 Å². The van der Waals surface area contributed by atoms with Gasteiger partial charge in [-0.25, -0.2) is 0 Å². The lowest BCUT2D eigenvalue weighted by Crippen LogP contribution is -2.34. The summed E-state index contributed by atoms with van der Waals surface area (Å²) in [6, 6.07) is 4.27. The third-order valence-electron chi connectivity index (χ3n) is 4.43. The molecule has 1 saturated heterocycles. The number of hydrogen-bond donors (Lipinski definition) is 2. The Kier molecular flexibility index (Phi) is 3.16. The van der Waals surface area contributed by atoms with Gasteiger partial charge in [0.05, 0.1) is 6.04 Å². The molecule has 2 heterocycles. The Balaban J connectivity index is 1.57. The van der Waals surface area contributed by atoms with Crippen molar-refractivity contribution in [1.29, 1.82) is 0 Å². The van der Waals surface area contributed by atoms with Gasteiger partial charge in [-0.2, -0.15) is 0 Å². The Hall–Kier alpha value is -0.870. The van der Waals surface area contributed by atoms with Gasteiger partial charge in [-0.15, -0.1) is 11.3 Å². The summed E-state index contributed by atoms with van der Waals surface area (Å²) in [6.45, 7) is 4.22. The number of carbonyl (C=O) groups excluding carboxylic acids is 1. The highest BCUT2D eigenvalue weighted by molar-refractivity contribution is 7.10. The molecular weight excluding hydrogens is 244 g/mol. The predicted molar refractivity (Wildman–Crippen MR) is 73.5 cm³/mol. The number of nitrogens with one attached hydrogen (secondary N) is 2. The van der Waals surface area contributed by atoms with Crippen molar-refractivity contribution in [2.45, 2.75) is 32.2 Å². The molecular formula is C14H20N2OS. The highest BCUT2D eigenvalue weighted by atomic mass is 32.1. The first-order valence-corrected chi connectivity index (χ1v) is 7.64. The normalized spacial score (nSPS) is 26.8. The number of piperidine rings is 1. The third kappa shape index (κ3) is 2.19. The molecule has 1 saturated carbocycles. The van der Waals surface area contributed by atoms with Gasteiger partial charge in [0, 0.05) is 10.8 Å². The minimum Gasteiger partial charge on any atom is -0.349 e. The van der Waals surface area contributed by atoms with Gasteiger partial charge in [-0.1, -0.05) is 6.07 Å². The van der Waals surface area contributed by atoms with Gasteiger partial charge in [-0.3, -0.25) is 4.79 Å². The quantitative estimate of drug-likeness (QED) is 0.879. The molecule has 98 valence electrons. The molecule has 1 aromatic rings. The molecule has 2 fully saturated rings. The standard InChI is InChI=1S/C14H20N2OS/c1-10(12-3-2-8-18-12)16-13(17)11-9-14(11)4-6-15-7-5-14/h2-3,8,10-11,15H,4-7,9H2,1H3,(H,16,17)/t10-,11?/m1/s1. The van der Waals surface area contributed by atoms with Crippen molar-refractivity contribution < 1.29 is 4.79 Å². The minimum atomic E-state index is 0.150. The minimum absolute atomic E-state index is 0.150. The number of rotatable bonds is 3. The van der Waals surface area contributed by atoms with E-state index in [1.807, 2.05) is 6.07 Å². The summed E-state index contributed by atoms with van der Waals surface area (Å²) in [6.07, 6.45) is 3.43. The average molecular weight is 264 g/mol. The van der Waals surface area contributed by atoms with Crippen molar-refractivity contribution in [2.24, 2.45) is 11.3 Å². The van der Waals surface area contributed by atoms with Gasteiger partial charge in [-0.05, 0) is 56.1 Å². The van der Waals surface area contributed by atoms with Crippen LogP contribution < -0.4 is 10.6 Å². The van der Waals surface area contributed by atoms with Crippen LogP contribution in [-0.4, -0.2) is 19.0 Å². The van der Waals surface area contributed by atoms with Gasteiger partial charge in [0.1, 0.15) is 0 Å². The Morgan fingerprint density at radius 3 is 3.00 bits per heavy atom. The summed E-state index contributed by atoms with van der Waals surface area (Å²) < 4.78 is 0. The van der Waals surface area contributed by atoms with E-state index in [1.165, 1.54) is 17.7 Å². The van der Waals surface area contributed by atoms with Crippen LogP contribution in [0.2, 0.25) is 0 Å². The summed E-state index contributed by atoms with van der Waals surface area (Å²) in [5.74, 6) is 0.528. The number of hydrogen-bond acceptors (Lipinski definition) is 3. The maximum absolute atomic E-state index is 12.3. The SMILES string of the molecule is C[C@@H](NC(=O)C1CC12CCNCC2)c1cccs1. The third-order valence-corrected chi connectivity index (χ3v) is 5.49. The van der Waals surface area contributed by atoms with Crippen LogP contribution in [0, 0.1) is 11.3 Å². The second-order valence-electron chi connectivity index (χ2n) is 5.61. The van der Waals surface area contributed by atoms with E-state index in [0.29, 0.717) is 5.41 Å². The van der Waals surface area contributed by atoms with Crippen molar-refractivity contribution in [1.82, 2.24) is 10.6 Å². The number of amides is 1. The summed E-state index contributed by atoms with van der Waals surface area (Å²) in [5, 5.41) is 8.60. The van der Waals surface area contributed by atoms with E-state index in [4.69, 9.17) is 0 Å². The van der Waals surface area contributed by atoms with Crippen LogP contribution in [0.4, 0.5) is 0 Å². The van der Waals surface area contributed by atoms with Crippen molar-refractivity contribution in [3.8, 4) is 0 Å². The second kappa shape index (κ2) is 4.67. The average Bonchev–Trinajstić information content (AvgIpc) is 2.84. The fraction of sp³-hybridized carbons (Fsp3) is 0.643. The van der Waals surface area contributed by atoms with E-state index in [9.17, 15) is 4.79 Å². The van der Waals surface area contributed by atoms with Crippen LogP contribution >= 0.6 is 11.3 Å². The molecule has 1 spiro atoms. The smallest absolute Gasteiger partial charge is 0.224 e. The number of thiophene rings is 1. The zero-order chi connectivity index (χ0) is 12.6.